The lowest BCUT2D eigenvalue weighted by Crippen LogP contribution is -2.58. The molecule has 0 spiro atoms. The molecule has 1 saturated heterocycles. The highest BCUT2D eigenvalue weighted by molar-refractivity contribution is 5.66. The zero-order chi connectivity index (χ0) is 15.6. The van der Waals surface area contributed by atoms with Gasteiger partial charge in [0, 0.05) is 25.3 Å². The third-order valence-corrected chi connectivity index (χ3v) is 4.71. The van der Waals surface area contributed by atoms with Crippen molar-refractivity contribution in [3.63, 3.8) is 0 Å². The number of hydrogen-bond donors (Lipinski definition) is 1. The number of carbonyl (C=O) groups excluding carboxylic acids is 2. The summed E-state index contributed by atoms with van der Waals surface area (Å²) in [5.41, 5.74) is 0.891. The number of piperidine rings is 1. The van der Waals surface area contributed by atoms with Crippen LogP contribution in [0.1, 0.15) is 34.1 Å². The lowest BCUT2D eigenvalue weighted by Gasteiger charge is -2.50. The molecule has 5 nitrogen and oxygen atoms in total. The highest BCUT2D eigenvalue weighted by Crippen LogP contribution is 2.44. The molecule has 0 aromatic rings. The lowest BCUT2D eigenvalue weighted by molar-refractivity contribution is -0.144. The van der Waals surface area contributed by atoms with E-state index in [-0.39, 0.29) is 23.4 Å². The molecular weight excluding hydrogens is 270 g/mol. The Morgan fingerprint density at radius 1 is 1.33 bits per heavy atom. The molecular formula is C16H25NO4. The summed E-state index contributed by atoms with van der Waals surface area (Å²) in [6, 6.07) is 0.275. The number of fused-ring (bicyclic) bond motifs is 2. The molecule has 2 aliphatic rings. The average Bonchev–Trinajstić information content (AvgIpc) is 2.39. The first-order chi connectivity index (χ1) is 9.83. The van der Waals surface area contributed by atoms with Crippen LogP contribution in [0.15, 0.2) is 11.6 Å². The van der Waals surface area contributed by atoms with Gasteiger partial charge in [-0.2, -0.15) is 0 Å². The molecule has 118 valence electrons. The first kappa shape index (κ1) is 16.0. The van der Waals surface area contributed by atoms with Crippen LogP contribution >= 0.6 is 0 Å². The lowest BCUT2D eigenvalue weighted by atomic mass is 9.62. The van der Waals surface area contributed by atoms with Crippen molar-refractivity contribution in [2.45, 2.75) is 40.2 Å². The van der Waals surface area contributed by atoms with Gasteiger partial charge < -0.3 is 14.8 Å². The SMILES string of the molecule is CC(=O)OCC1=C[C@](C)(COC(C)=O)C2NCCC1C2C. The summed E-state index contributed by atoms with van der Waals surface area (Å²) in [6.07, 6.45) is 3.20. The Labute approximate surface area is 126 Å². The largest absolute Gasteiger partial charge is 0.465 e. The van der Waals surface area contributed by atoms with E-state index in [4.69, 9.17) is 9.47 Å². The quantitative estimate of drug-likeness (QED) is 0.631. The minimum absolute atomic E-state index is 0.263. The number of hydrogen-bond acceptors (Lipinski definition) is 5. The fourth-order valence-electron chi connectivity index (χ4n) is 3.77. The molecule has 3 unspecified atom stereocenters. The molecule has 5 heteroatoms. The van der Waals surface area contributed by atoms with E-state index in [2.05, 4.69) is 25.2 Å². The summed E-state index contributed by atoms with van der Waals surface area (Å²) >= 11 is 0. The molecule has 21 heavy (non-hydrogen) atoms. The summed E-state index contributed by atoms with van der Waals surface area (Å²) < 4.78 is 10.5. The van der Waals surface area contributed by atoms with Crippen molar-refractivity contribution in [3.05, 3.63) is 11.6 Å². The van der Waals surface area contributed by atoms with Gasteiger partial charge in [0.2, 0.25) is 0 Å². The van der Waals surface area contributed by atoms with Crippen LogP contribution in [0.3, 0.4) is 0 Å². The third-order valence-electron chi connectivity index (χ3n) is 4.71. The molecule has 0 aromatic carbocycles. The molecule has 0 saturated carbocycles. The van der Waals surface area contributed by atoms with Crippen molar-refractivity contribution in [3.8, 4) is 0 Å². The van der Waals surface area contributed by atoms with Crippen molar-refractivity contribution in [2.75, 3.05) is 19.8 Å². The van der Waals surface area contributed by atoms with E-state index in [1.54, 1.807) is 0 Å². The molecule has 2 rings (SSSR count). The Morgan fingerprint density at radius 3 is 2.62 bits per heavy atom. The maximum atomic E-state index is 11.1. The Balaban J connectivity index is 2.24. The smallest absolute Gasteiger partial charge is 0.302 e. The monoisotopic (exact) mass is 295 g/mol. The fraction of sp³-hybridized carbons (Fsp3) is 0.750. The Kier molecular flexibility index (Phi) is 4.71. The minimum Gasteiger partial charge on any atom is -0.465 e. The van der Waals surface area contributed by atoms with Gasteiger partial charge in [-0.3, -0.25) is 9.59 Å². The number of carbonyl (C=O) groups is 2. The van der Waals surface area contributed by atoms with Crippen LogP contribution in [0, 0.1) is 17.3 Å². The van der Waals surface area contributed by atoms with Gasteiger partial charge in [-0.15, -0.1) is 0 Å². The Hall–Kier alpha value is -1.36. The zero-order valence-corrected chi connectivity index (χ0v) is 13.3. The van der Waals surface area contributed by atoms with E-state index < -0.39 is 0 Å². The second kappa shape index (κ2) is 6.18. The molecule has 0 amide bonds. The van der Waals surface area contributed by atoms with Crippen LogP contribution in [0.25, 0.3) is 0 Å². The van der Waals surface area contributed by atoms with Crippen molar-refractivity contribution in [1.29, 1.82) is 0 Å². The molecule has 1 heterocycles. The second-order valence-electron chi connectivity index (χ2n) is 6.47. The molecule has 0 radical (unpaired) electrons. The summed E-state index contributed by atoms with van der Waals surface area (Å²) in [4.78, 5) is 22.2. The van der Waals surface area contributed by atoms with Gasteiger partial charge in [-0.25, -0.2) is 0 Å². The van der Waals surface area contributed by atoms with Gasteiger partial charge in [0.1, 0.15) is 13.2 Å². The number of nitrogens with one attached hydrogen (secondary N) is 1. The fourth-order valence-corrected chi connectivity index (χ4v) is 3.77. The summed E-state index contributed by atoms with van der Waals surface area (Å²) in [5.74, 6) is 0.328. The number of esters is 2. The first-order valence-corrected chi connectivity index (χ1v) is 7.55. The highest BCUT2D eigenvalue weighted by atomic mass is 16.5. The normalized spacial score (nSPS) is 34.9. The minimum atomic E-state index is -0.267. The second-order valence-corrected chi connectivity index (χ2v) is 6.47. The predicted molar refractivity (Wildman–Crippen MR) is 78.5 cm³/mol. The predicted octanol–water partition coefficient (Wildman–Crippen LogP) is 1.67. The van der Waals surface area contributed by atoms with Crippen molar-refractivity contribution in [2.24, 2.45) is 17.3 Å². The molecule has 1 N–H and O–H groups in total. The van der Waals surface area contributed by atoms with E-state index >= 15 is 0 Å². The molecule has 1 aliphatic heterocycles. The molecule has 1 fully saturated rings. The van der Waals surface area contributed by atoms with Crippen molar-refractivity contribution < 1.29 is 19.1 Å². The van der Waals surface area contributed by atoms with Crippen molar-refractivity contribution >= 4 is 11.9 Å². The van der Waals surface area contributed by atoms with Crippen LogP contribution in [0.4, 0.5) is 0 Å². The molecule has 2 bridgehead atoms. The van der Waals surface area contributed by atoms with Gasteiger partial charge in [0.25, 0.3) is 0 Å². The van der Waals surface area contributed by atoms with Gasteiger partial charge in [-0.05, 0) is 30.4 Å². The topological polar surface area (TPSA) is 64.6 Å². The van der Waals surface area contributed by atoms with E-state index in [0.717, 1.165) is 18.5 Å². The van der Waals surface area contributed by atoms with E-state index in [0.29, 0.717) is 25.0 Å². The van der Waals surface area contributed by atoms with Gasteiger partial charge in [-0.1, -0.05) is 19.9 Å². The highest BCUT2D eigenvalue weighted by Gasteiger charge is 2.47. The van der Waals surface area contributed by atoms with E-state index in [1.807, 2.05) is 0 Å². The van der Waals surface area contributed by atoms with Crippen LogP contribution in [-0.4, -0.2) is 37.7 Å². The maximum absolute atomic E-state index is 11.1. The van der Waals surface area contributed by atoms with Crippen LogP contribution in [0.2, 0.25) is 0 Å². The standard InChI is InChI=1S/C16H25NO4/c1-10-14-5-6-17-15(10)16(4,9-21-12(3)19)7-13(14)8-20-11(2)18/h7,10,14-15,17H,5-6,8-9H2,1-4H3/t10?,14?,15?,16-/m1/s1. The Morgan fingerprint density at radius 2 is 2.00 bits per heavy atom. The molecule has 0 aromatic heterocycles. The summed E-state index contributed by atoms with van der Waals surface area (Å²) in [7, 11) is 0. The van der Waals surface area contributed by atoms with Crippen LogP contribution in [-0.2, 0) is 19.1 Å². The van der Waals surface area contributed by atoms with Crippen molar-refractivity contribution in [1.82, 2.24) is 5.32 Å². The van der Waals surface area contributed by atoms with Crippen LogP contribution in [0.5, 0.6) is 0 Å². The number of ether oxygens (including phenoxy) is 2. The van der Waals surface area contributed by atoms with Gasteiger partial charge >= 0.3 is 11.9 Å². The number of rotatable bonds is 4. The summed E-state index contributed by atoms with van der Waals surface area (Å²) in [6.45, 7) is 8.79. The molecule has 4 atom stereocenters. The third kappa shape index (κ3) is 3.46. The van der Waals surface area contributed by atoms with Gasteiger partial charge in [0.15, 0.2) is 0 Å². The van der Waals surface area contributed by atoms with E-state index in [1.165, 1.54) is 13.8 Å². The average molecular weight is 295 g/mol. The summed E-state index contributed by atoms with van der Waals surface area (Å²) in [5, 5.41) is 3.56. The zero-order valence-electron chi connectivity index (χ0n) is 13.3. The van der Waals surface area contributed by atoms with E-state index in [9.17, 15) is 9.59 Å². The Bertz CT molecular complexity index is 459. The van der Waals surface area contributed by atoms with Crippen LogP contribution < -0.4 is 5.32 Å². The maximum Gasteiger partial charge on any atom is 0.302 e. The van der Waals surface area contributed by atoms with Gasteiger partial charge in [0.05, 0.1) is 0 Å². The molecule has 1 aliphatic carbocycles. The first-order valence-electron chi connectivity index (χ1n) is 7.55.